The Labute approximate surface area is 130 Å². The van der Waals surface area contributed by atoms with Crippen LogP contribution in [0.1, 0.15) is 26.2 Å². The highest BCUT2D eigenvalue weighted by Crippen LogP contribution is 2.38. The van der Waals surface area contributed by atoms with Crippen molar-refractivity contribution in [3.05, 3.63) is 42.2 Å². The van der Waals surface area contributed by atoms with E-state index in [1.54, 1.807) is 6.08 Å². The molecule has 1 aliphatic carbocycles. The van der Waals surface area contributed by atoms with Gasteiger partial charge >= 0.3 is 0 Å². The molecule has 4 heteroatoms. The minimum Gasteiger partial charge on any atom is -0.493 e. The van der Waals surface area contributed by atoms with E-state index < -0.39 is 0 Å². The molecule has 1 aromatic rings. The van der Waals surface area contributed by atoms with E-state index in [1.165, 1.54) is 12.8 Å². The molecular formula is C18H19NO3. The van der Waals surface area contributed by atoms with E-state index in [0.717, 1.165) is 29.9 Å². The second kappa shape index (κ2) is 6.60. The fraction of sp³-hybridized carbons (Fsp3) is 0.333. The lowest BCUT2D eigenvalue weighted by molar-refractivity contribution is -0.108. The van der Waals surface area contributed by atoms with Gasteiger partial charge in [-0.2, -0.15) is 0 Å². The van der Waals surface area contributed by atoms with Gasteiger partial charge in [0.05, 0.1) is 12.5 Å². The molecule has 0 saturated carbocycles. The summed E-state index contributed by atoms with van der Waals surface area (Å²) in [5.74, 6) is 1.84. The van der Waals surface area contributed by atoms with Crippen LogP contribution in [0.15, 0.2) is 47.2 Å². The van der Waals surface area contributed by atoms with Crippen LogP contribution >= 0.6 is 0 Å². The highest BCUT2D eigenvalue weighted by Gasteiger charge is 2.21. The lowest BCUT2D eigenvalue weighted by Crippen LogP contribution is -2.16. The van der Waals surface area contributed by atoms with E-state index >= 15 is 0 Å². The molecule has 2 aliphatic rings. The second-order valence-corrected chi connectivity index (χ2v) is 5.39. The van der Waals surface area contributed by atoms with Gasteiger partial charge in [-0.05, 0) is 30.7 Å². The Bertz CT molecular complexity index is 658. The summed E-state index contributed by atoms with van der Waals surface area (Å²) < 4.78 is 11.6. The minimum absolute atomic E-state index is 0.246. The van der Waals surface area contributed by atoms with Crippen molar-refractivity contribution in [3.63, 3.8) is 0 Å². The number of aliphatic imine (C=N–C) groups is 1. The van der Waals surface area contributed by atoms with Gasteiger partial charge in [-0.1, -0.05) is 25.8 Å². The van der Waals surface area contributed by atoms with Crippen molar-refractivity contribution < 1.29 is 14.3 Å². The maximum atomic E-state index is 10.9. The molecule has 0 spiro atoms. The van der Waals surface area contributed by atoms with Crippen LogP contribution in [0.3, 0.4) is 0 Å². The molecule has 1 aliphatic heterocycles. The summed E-state index contributed by atoms with van der Waals surface area (Å²) >= 11 is 0. The van der Waals surface area contributed by atoms with Gasteiger partial charge in [-0.15, -0.1) is 0 Å². The molecule has 114 valence electrons. The topological polar surface area (TPSA) is 47.9 Å². The lowest BCUT2D eigenvalue weighted by atomic mass is 10.0. The number of hydrogen-bond acceptors (Lipinski definition) is 4. The molecule has 0 bridgehead atoms. The predicted molar refractivity (Wildman–Crippen MR) is 86.0 cm³/mol. The third kappa shape index (κ3) is 3.11. The molecule has 3 rings (SSSR count). The summed E-state index contributed by atoms with van der Waals surface area (Å²) in [6, 6.07) is 5.66. The Kier molecular flexibility index (Phi) is 4.37. The fourth-order valence-electron chi connectivity index (χ4n) is 2.41. The molecule has 22 heavy (non-hydrogen) atoms. The maximum Gasteiger partial charge on any atom is 0.156 e. The van der Waals surface area contributed by atoms with Crippen molar-refractivity contribution in [3.8, 4) is 11.5 Å². The third-order valence-corrected chi connectivity index (χ3v) is 3.64. The average molecular weight is 297 g/mol. The molecule has 0 fully saturated rings. The highest BCUT2D eigenvalue weighted by molar-refractivity contribution is 6.11. The van der Waals surface area contributed by atoms with E-state index in [2.05, 4.69) is 11.9 Å². The molecule has 0 aromatic heterocycles. The minimum atomic E-state index is -0.246. The van der Waals surface area contributed by atoms with Crippen molar-refractivity contribution in [2.75, 3.05) is 6.61 Å². The van der Waals surface area contributed by atoms with E-state index in [0.29, 0.717) is 18.1 Å². The van der Waals surface area contributed by atoms with Crippen molar-refractivity contribution in [1.82, 2.24) is 0 Å². The highest BCUT2D eigenvalue weighted by atomic mass is 16.5. The molecule has 1 atom stereocenters. The van der Waals surface area contributed by atoms with Crippen molar-refractivity contribution >= 4 is 17.7 Å². The number of ether oxygens (including phenoxy) is 2. The van der Waals surface area contributed by atoms with Gasteiger partial charge in [0.25, 0.3) is 0 Å². The van der Waals surface area contributed by atoms with E-state index in [-0.39, 0.29) is 5.92 Å². The lowest BCUT2D eigenvalue weighted by Gasteiger charge is -2.21. The number of aldehydes is 1. The van der Waals surface area contributed by atoms with Crippen LogP contribution in [0.4, 0.5) is 5.69 Å². The van der Waals surface area contributed by atoms with Gasteiger partial charge in [-0.25, -0.2) is 4.99 Å². The number of benzene rings is 1. The van der Waals surface area contributed by atoms with Crippen LogP contribution in [0.2, 0.25) is 0 Å². The maximum absolute atomic E-state index is 10.9. The average Bonchev–Trinajstić information content (AvgIpc) is 2.56. The third-order valence-electron chi connectivity index (χ3n) is 3.64. The number of hydrogen-bond donors (Lipinski definition) is 0. The summed E-state index contributed by atoms with van der Waals surface area (Å²) in [5, 5.41) is 0. The molecule has 0 saturated heterocycles. The Morgan fingerprint density at radius 3 is 3.09 bits per heavy atom. The molecule has 0 N–H and O–H groups in total. The van der Waals surface area contributed by atoms with Crippen LogP contribution in [0.25, 0.3) is 0 Å². The van der Waals surface area contributed by atoms with Crippen molar-refractivity contribution in [2.24, 2.45) is 10.9 Å². The number of allylic oxidation sites excluding steroid dienone is 3. The second-order valence-electron chi connectivity index (χ2n) is 5.39. The zero-order valence-corrected chi connectivity index (χ0v) is 12.6. The number of rotatable bonds is 6. The van der Waals surface area contributed by atoms with Crippen molar-refractivity contribution in [2.45, 2.75) is 26.2 Å². The van der Waals surface area contributed by atoms with Crippen molar-refractivity contribution in [1.29, 1.82) is 0 Å². The van der Waals surface area contributed by atoms with Crippen LogP contribution in [0, 0.1) is 5.92 Å². The van der Waals surface area contributed by atoms with Gasteiger partial charge < -0.3 is 14.3 Å². The number of nitrogens with zero attached hydrogens (tertiary/aromatic N) is 1. The first kappa shape index (κ1) is 14.6. The quantitative estimate of drug-likeness (QED) is 0.589. The summed E-state index contributed by atoms with van der Waals surface area (Å²) in [7, 11) is 0. The molecular weight excluding hydrogens is 278 g/mol. The molecule has 1 aromatic carbocycles. The molecule has 4 nitrogen and oxygen atoms in total. The van der Waals surface area contributed by atoms with E-state index in [9.17, 15) is 4.79 Å². The molecule has 1 heterocycles. The zero-order chi connectivity index (χ0) is 15.4. The van der Waals surface area contributed by atoms with Crippen LogP contribution in [-0.4, -0.2) is 18.6 Å². The molecule has 0 amide bonds. The number of carbonyl (C=O) groups is 1. The predicted octanol–water partition coefficient (Wildman–Crippen LogP) is 3.99. The Morgan fingerprint density at radius 2 is 2.27 bits per heavy atom. The first-order valence-electron chi connectivity index (χ1n) is 7.69. The van der Waals surface area contributed by atoms with E-state index in [1.807, 2.05) is 30.4 Å². The Hall–Kier alpha value is -2.36. The monoisotopic (exact) mass is 297 g/mol. The largest absolute Gasteiger partial charge is 0.493 e. The standard InChI is InChI=1S/C18H19NO3/c1-2-3-4-9-21-14-6-8-16-18(11-14)22-17-10-13(12-20)5-7-15(17)19-16/h5-8,10-13H,2-4,9H2,1H3. The summed E-state index contributed by atoms with van der Waals surface area (Å²) in [4.78, 5) is 15.4. The van der Waals surface area contributed by atoms with Gasteiger partial charge in [-0.3, -0.25) is 0 Å². The summed E-state index contributed by atoms with van der Waals surface area (Å²) in [6.45, 7) is 2.88. The normalized spacial score (nSPS) is 18.5. The van der Waals surface area contributed by atoms with Gasteiger partial charge in [0, 0.05) is 6.07 Å². The Balaban J connectivity index is 1.76. The first-order valence-corrected chi connectivity index (χ1v) is 7.69. The summed E-state index contributed by atoms with van der Waals surface area (Å²) in [6.07, 6.45) is 9.69. The van der Waals surface area contributed by atoms with E-state index in [4.69, 9.17) is 9.47 Å². The van der Waals surface area contributed by atoms with Gasteiger partial charge in [0.2, 0.25) is 0 Å². The van der Waals surface area contributed by atoms with Gasteiger partial charge in [0.1, 0.15) is 29.2 Å². The molecule has 1 unspecified atom stereocenters. The SMILES string of the molecule is CCCCCOc1ccc2c(c1)OC1=CC(C=O)C=CC1=N2. The Morgan fingerprint density at radius 1 is 1.36 bits per heavy atom. The van der Waals surface area contributed by atoms with Crippen LogP contribution in [0.5, 0.6) is 11.5 Å². The number of fused-ring (bicyclic) bond motifs is 2. The number of carbonyl (C=O) groups excluding carboxylic acids is 1. The van der Waals surface area contributed by atoms with Gasteiger partial charge in [0.15, 0.2) is 5.75 Å². The van der Waals surface area contributed by atoms with Crippen LogP contribution < -0.4 is 9.47 Å². The summed E-state index contributed by atoms with van der Waals surface area (Å²) in [5.41, 5.74) is 1.53. The van der Waals surface area contributed by atoms with Crippen LogP contribution in [-0.2, 0) is 4.79 Å². The smallest absolute Gasteiger partial charge is 0.156 e. The first-order chi connectivity index (χ1) is 10.8. The zero-order valence-electron chi connectivity index (χ0n) is 12.6. The number of unbranched alkanes of at least 4 members (excludes halogenated alkanes) is 2. The fourth-order valence-corrected chi connectivity index (χ4v) is 2.41. The molecule has 0 radical (unpaired) electrons.